The Morgan fingerprint density at radius 3 is 0.782 bits per heavy atom. The average molecular weight is 1240 g/mol. The number of hydrogen-bond acceptors (Lipinski definition) is 26. The third kappa shape index (κ3) is 38.6. The van der Waals surface area contributed by atoms with Crippen LogP contribution >= 0.6 is 0 Å². The molecule has 2 fully saturated rings. The lowest BCUT2D eigenvalue weighted by Crippen LogP contribution is -2.47. The molecule has 0 saturated carbocycles. The molecule has 0 aromatic heterocycles. The molecule has 87 heavy (non-hydrogen) atoms. The minimum absolute atomic E-state index is 0.0198. The van der Waals surface area contributed by atoms with Gasteiger partial charge in [0.25, 0.3) is 0 Å². The fourth-order valence-corrected chi connectivity index (χ4v) is 7.18. The van der Waals surface area contributed by atoms with Gasteiger partial charge in [0.2, 0.25) is 12.6 Å². The third-order valence-electron chi connectivity index (χ3n) is 11.9. The van der Waals surface area contributed by atoms with Gasteiger partial charge in [0.05, 0.1) is 65.7 Å². The fourth-order valence-electron chi connectivity index (χ4n) is 7.18. The van der Waals surface area contributed by atoms with Crippen molar-refractivity contribution in [3.63, 3.8) is 0 Å². The standard InChI is InChI=1S/C32H46O13.C29H40O13/c1-21(2)30(36)39-16-10-7-13-26(33)43-24-19-29(45-28(35)15-9-12-18-41-32(38)23(5)6)42-20-25(24)44-27(34)14-8-11-17-40-31(37)22(3)4;1-4-23(30)36-16-10-7-13-26(33)40-21-19-29(42-28(35)15-9-12-18-38-25(32)6-3)39-20-22(21)41-27(34)14-8-11-17-37-24(31)5-2/h24-25,29H,1,3,5,7-20H2,2,4,6H3;4-6,21-22,29H,1-3,7-20H2/t24-,25+,29?;21-,22+,29?/m00/s1. The van der Waals surface area contributed by atoms with E-state index < -0.39 is 109 Å². The molecule has 2 saturated heterocycles. The number of ether oxygens (including phenoxy) is 14. The molecule has 0 aliphatic carbocycles. The second kappa shape index (κ2) is 46.2. The Labute approximate surface area is 507 Å². The third-order valence-corrected chi connectivity index (χ3v) is 11.9. The summed E-state index contributed by atoms with van der Waals surface area (Å²) in [7, 11) is 0. The maximum atomic E-state index is 12.6. The van der Waals surface area contributed by atoms with Crippen LogP contribution in [0.4, 0.5) is 0 Å². The Balaban J connectivity index is 0.000000872. The van der Waals surface area contributed by atoms with Gasteiger partial charge in [-0.15, -0.1) is 0 Å². The van der Waals surface area contributed by atoms with Gasteiger partial charge < -0.3 is 66.3 Å². The van der Waals surface area contributed by atoms with Gasteiger partial charge in [-0.05, 0) is 97.8 Å². The molecule has 0 radical (unpaired) electrons. The molecule has 0 bridgehead atoms. The first kappa shape index (κ1) is 77.0. The summed E-state index contributed by atoms with van der Waals surface area (Å²) in [5, 5.41) is 0. The van der Waals surface area contributed by atoms with E-state index in [1.807, 2.05) is 0 Å². The van der Waals surface area contributed by atoms with Crippen LogP contribution in [0.2, 0.25) is 0 Å². The van der Waals surface area contributed by atoms with E-state index in [0.29, 0.717) is 77.0 Å². The molecule has 26 nitrogen and oxygen atoms in total. The predicted molar refractivity (Wildman–Crippen MR) is 304 cm³/mol. The molecule has 2 aliphatic heterocycles. The normalized spacial score (nSPS) is 17.4. The highest BCUT2D eigenvalue weighted by atomic mass is 16.7. The molecule has 2 unspecified atom stereocenters. The van der Waals surface area contributed by atoms with Gasteiger partial charge in [-0.3, -0.25) is 28.8 Å². The van der Waals surface area contributed by atoms with E-state index >= 15 is 0 Å². The van der Waals surface area contributed by atoms with Crippen LogP contribution < -0.4 is 0 Å². The Morgan fingerprint density at radius 1 is 0.333 bits per heavy atom. The van der Waals surface area contributed by atoms with Crippen LogP contribution in [0, 0.1) is 0 Å². The largest absolute Gasteiger partial charge is 0.463 e. The quantitative estimate of drug-likeness (QED) is 0.0263. The van der Waals surface area contributed by atoms with Gasteiger partial charge in [0.1, 0.15) is 12.2 Å². The second-order valence-corrected chi connectivity index (χ2v) is 19.7. The van der Waals surface area contributed by atoms with Gasteiger partial charge in [-0.25, -0.2) is 28.8 Å². The van der Waals surface area contributed by atoms with Crippen molar-refractivity contribution >= 4 is 71.6 Å². The first-order valence-corrected chi connectivity index (χ1v) is 28.7. The van der Waals surface area contributed by atoms with Crippen LogP contribution in [0.3, 0.4) is 0 Å². The minimum atomic E-state index is -1.03. The van der Waals surface area contributed by atoms with E-state index in [0.717, 1.165) is 18.2 Å². The Bertz CT molecular complexity index is 2340. The molecule has 0 N–H and O–H groups in total. The summed E-state index contributed by atoms with van der Waals surface area (Å²) in [4.78, 5) is 142. The summed E-state index contributed by atoms with van der Waals surface area (Å²) in [6, 6.07) is 0. The summed E-state index contributed by atoms with van der Waals surface area (Å²) in [6.07, 6.45) is 2.42. The molecule has 0 spiro atoms. The zero-order valence-corrected chi connectivity index (χ0v) is 50.4. The summed E-state index contributed by atoms with van der Waals surface area (Å²) in [5.74, 6) is -6.53. The number of carbonyl (C=O) groups is 12. The van der Waals surface area contributed by atoms with Crippen molar-refractivity contribution in [2.75, 3.05) is 52.9 Å². The van der Waals surface area contributed by atoms with Crippen LogP contribution in [0.25, 0.3) is 0 Å². The van der Waals surface area contributed by atoms with Gasteiger partial charge >= 0.3 is 71.6 Å². The van der Waals surface area contributed by atoms with Gasteiger partial charge in [0.15, 0.2) is 12.2 Å². The zero-order valence-electron chi connectivity index (χ0n) is 50.4. The van der Waals surface area contributed by atoms with Gasteiger partial charge in [0, 0.05) is 73.5 Å². The second-order valence-electron chi connectivity index (χ2n) is 19.7. The van der Waals surface area contributed by atoms with Crippen molar-refractivity contribution in [1.29, 1.82) is 0 Å². The maximum Gasteiger partial charge on any atom is 0.333 e. The number of hydrogen-bond donors (Lipinski definition) is 0. The summed E-state index contributed by atoms with van der Waals surface area (Å²) in [6.45, 7) is 25.4. The molecule has 0 aromatic rings. The number of carbonyl (C=O) groups excluding carboxylic acids is 12. The number of esters is 12. The van der Waals surface area contributed by atoms with Gasteiger partial charge in [-0.2, -0.15) is 0 Å². The molecule has 26 heteroatoms. The highest BCUT2D eigenvalue weighted by Gasteiger charge is 2.40. The Kier molecular flexibility index (Phi) is 40.9. The minimum Gasteiger partial charge on any atom is -0.463 e. The van der Waals surface area contributed by atoms with Crippen LogP contribution in [0.15, 0.2) is 74.4 Å². The summed E-state index contributed by atoms with van der Waals surface area (Å²) >= 11 is 0. The van der Waals surface area contributed by atoms with Gasteiger partial charge in [-0.1, -0.05) is 39.5 Å². The lowest BCUT2D eigenvalue weighted by molar-refractivity contribution is -0.231. The molecule has 2 aliphatic rings. The first-order chi connectivity index (χ1) is 41.5. The van der Waals surface area contributed by atoms with Crippen molar-refractivity contribution in [2.24, 2.45) is 0 Å². The zero-order chi connectivity index (χ0) is 64.9. The summed E-state index contributed by atoms with van der Waals surface area (Å²) < 4.78 is 73.7. The van der Waals surface area contributed by atoms with Crippen LogP contribution in [0.5, 0.6) is 0 Å². The van der Waals surface area contributed by atoms with Crippen LogP contribution in [-0.4, -0.2) is 161 Å². The highest BCUT2D eigenvalue weighted by Crippen LogP contribution is 2.25. The first-order valence-electron chi connectivity index (χ1n) is 28.7. The molecular formula is C61H86O26. The van der Waals surface area contributed by atoms with E-state index in [2.05, 4.69) is 39.5 Å². The van der Waals surface area contributed by atoms with Crippen molar-refractivity contribution in [1.82, 2.24) is 0 Å². The lowest BCUT2D eigenvalue weighted by atomic mass is 10.1. The van der Waals surface area contributed by atoms with E-state index in [9.17, 15) is 57.5 Å². The van der Waals surface area contributed by atoms with Crippen LogP contribution in [0.1, 0.15) is 149 Å². The topological polar surface area (TPSA) is 334 Å². The SMILES string of the molecule is C=C(C)C(=O)OCCCCC(=O)OC1C[C@H](OC(=O)CCCCOC(=O)C(=C)C)[C@H](OC(=O)CCCCOC(=O)C(=C)C)CO1.C=CC(=O)OCCCCC(=O)OC1C[C@H](OC(=O)CCCCOC(=O)C=C)[C@H](OC(=O)CCCCOC(=O)C=C)CO1. The molecule has 0 amide bonds. The van der Waals surface area contributed by atoms with Crippen molar-refractivity contribution in [3.8, 4) is 0 Å². The Hall–Kier alpha value is -8.00. The molecule has 2 rings (SSSR count). The van der Waals surface area contributed by atoms with E-state index in [1.54, 1.807) is 0 Å². The molecule has 2 heterocycles. The molecule has 486 valence electrons. The summed E-state index contributed by atoms with van der Waals surface area (Å²) in [5.41, 5.74) is 0.845. The smallest absolute Gasteiger partial charge is 0.333 e. The Morgan fingerprint density at radius 2 is 0.552 bits per heavy atom. The monoisotopic (exact) mass is 1230 g/mol. The van der Waals surface area contributed by atoms with Crippen molar-refractivity contribution < 1.29 is 124 Å². The van der Waals surface area contributed by atoms with Crippen molar-refractivity contribution in [3.05, 3.63) is 74.4 Å². The molecule has 0 aromatic carbocycles. The fraction of sp³-hybridized carbons (Fsp3) is 0.607. The number of unbranched alkanes of at least 4 members (excludes halogenated alkanes) is 6. The molecule has 6 atom stereocenters. The lowest BCUT2D eigenvalue weighted by Gasteiger charge is -2.34. The number of rotatable bonds is 42. The molecular weight excluding hydrogens is 1150 g/mol. The maximum absolute atomic E-state index is 12.6. The van der Waals surface area contributed by atoms with E-state index in [1.165, 1.54) is 20.8 Å². The average Bonchev–Trinajstić information content (AvgIpc) is 2.73. The predicted octanol–water partition coefficient (Wildman–Crippen LogP) is 6.77. The highest BCUT2D eigenvalue weighted by molar-refractivity contribution is 5.88. The van der Waals surface area contributed by atoms with E-state index in [4.69, 9.17) is 66.3 Å². The van der Waals surface area contributed by atoms with Crippen LogP contribution in [-0.2, 0) is 124 Å². The van der Waals surface area contributed by atoms with E-state index in [-0.39, 0.29) is 121 Å². The van der Waals surface area contributed by atoms with Crippen molar-refractivity contribution in [2.45, 2.75) is 186 Å².